The van der Waals surface area contributed by atoms with Crippen molar-refractivity contribution < 1.29 is 13.2 Å². The third-order valence-electron chi connectivity index (χ3n) is 3.55. The minimum Gasteiger partial charge on any atom is -0.368 e. The van der Waals surface area contributed by atoms with Crippen LogP contribution >= 0.6 is 0 Å². The van der Waals surface area contributed by atoms with E-state index in [-0.39, 0.29) is 5.95 Å². The quantitative estimate of drug-likeness (QED) is 0.919. The van der Waals surface area contributed by atoms with Crippen molar-refractivity contribution in [2.75, 3.05) is 12.3 Å². The minimum atomic E-state index is -4.40. The standard InChI is InChI=1S/C14H14F3N5/c15-14(16,17)12-2-1-9(5-19-12)7-22-4-3-11-10(8-22)6-20-13(18)21-11/h1-2,5-6H,3-4,7-8H2,(H2,18,20,21). The summed E-state index contributed by atoms with van der Waals surface area (Å²) in [5, 5.41) is 0. The van der Waals surface area contributed by atoms with Crippen LogP contribution in [0, 0.1) is 0 Å². The van der Waals surface area contributed by atoms with Crippen LogP contribution in [0.3, 0.4) is 0 Å². The summed E-state index contributed by atoms with van der Waals surface area (Å²) in [6.45, 7) is 1.95. The average molecular weight is 309 g/mol. The topological polar surface area (TPSA) is 67.9 Å². The molecule has 2 aromatic rings. The van der Waals surface area contributed by atoms with Gasteiger partial charge in [-0.25, -0.2) is 9.97 Å². The van der Waals surface area contributed by atoms with Crippen molar-refractivity contribution in [2.45, 2.75) is 25.7 Å². The molecule has 3 heterocycles. The van der Waals surface area contributed by atoms with Gasteiger partial charge in [-0.15, -0.1) is 0 Å². The van der Waals surface area contributed by atoms with Gasteiger partial charge in [-0.3, -0.25) is 9.88 Å². The molecule has 116 valence electrons. The van der Waals surface area contributed by atoms with Gasteiger partial charge in [0.05, 0.1) is 5.69 Å². The Kier molecular flexibility index (Phi) is 3.69. The van der Waals surface area contributed by atoms with E-state index in [4.69, 9.17) is 5.73 Å². The minimum absolute atomic E-state index is 0.263. The van der Waals surface area contributed by atoms with Crippen molar-refractivity contribution >= 4 is 5.95 Å². The lowest BCUT2D eigenvalue weighted by Gasteiger charge is -2.27. The first-order valence-corrected chi connectivity index (χ1v) is 6.76. The summed E-state index contributed by atoms with van der Waals surface area (Å²) in [5.41, 5.74) is 7.36. The van der Waals surface area contributed by atoms with E-state index < -0.39 is 11.9 Å². The lowest BCUT2D eigenvalue weighted by atomic mass is 10.1. The van der Waals surface area contributed by atoms with E-state index in [1.54, 1.807) is 6.20 Å². The van der Waals surface area contributed by atoms with Crippen molar-refractivity contribution in [3.8, 4) is 0 Å². The van der Waals surface area contributed by atoms with Crippen LogP contribution in [0.2, 0.25) is 0 Å². The number of pyridine rings is 1. The molecule has 1 aliphatic heterocycles. The molecule has 2 aromatic heterocycles. The van der Waals surface area contributed by atoms with Gasteiger partial charge in [0.15, 0.2) is 0 Å². The number of nitrogens with two attached hydrogens (primary N) is 1. The zero-order valence-electron chi connectivity index (χ0n) is 11.6. The second kappa shape index (κ2) is 5.53. The second-order valence-electron chi connectivity index (χ2n) is 5.21. The number of anilines is 1. The molecule has 0 fully saturated rings. The maximum absolute atomic E-state index is 12.5. The second-order valence-corrected chi connectivity index (χ2v) is 5.21. The summed E-state index contributed by atoms with van der Waals surface area (Å²) in [4.78, 5) is 13.8. The Labute approximate surface area is 125 Å². The van der Waals surface area contributed by atoms with Gasteiger partial charge in [0, 0.05) is 44.0 Å². The summed E-state index contributed by atoms with van der Waals surface area (Å²) in [7, 11) is 0. The molecule has 3 rings (SSSR count). The number of halogens is 3. The largest absolute Gasteiger partial charge is 0.433 e. The van der Waals surface area contributed by atoms with Gasteiger partial charge in [-0.1, -0.05) is 6.07 Å². The number of hydrogen-bond acceptors (Lipinski definition) is 5. The Morgan fingerprint density at radius 1 is 1.18 bits per heavy atom. The molecule has 0 atom stereocenters. The van der Waals surface area contributed by atoms with Crippen LogP contribution in [0.15, 0.2) is 24.5 Å². The van der Waals surface area contributed by atoms with Gasteiger partial charge >= 0.3 is 6.18 Å². The number of nitrogen functional groups attached to an aromatic ring is 1. The smallest absolute Gasteiger partial charge is 0.368 e. The fourth-order valence-corrected chi connectivity index (χ4v) is 2.47. The van der Waals surface area contributed by atoms with Crippen molar-refractivity contribution in [3.05, 3.63) is 47.0 Å². The molecule has 0 amide bonds. The highest BCUT2D eigenvalue weighted by Gasteiger charge is 2.32. The SMILES string of the molecule is Nc1ncc2c(n1)CCN(Cc1ccc(C(F)(F)F)nc1)C2. The van der Waals surface area contributed by atoms with Crippen LogP contribution in [0.5, 0.6) is 0 Å². The van der Waals surface area contributed by atoms with Crippen LogP contribution in [0.4, 0.5) is 19.1 Å². The Morgan fingerprint density at radius 3 is 2.68 bits per heavy atom. The molecule has 0 aromatic carbocycles. The fraction of sp³-hybridized carbons (Fsp3) is 0.357. The number of hydrogen-bond donors (Lipinski definition) is 1. The molecule has 2 N–H and O–H groups in total. The van der Waals surface area contributed by atoms with E-state index in [0.29, 0.717) is 13.1 Å². The number of alkyl halides is 3. The molecular weight excluding hydrogens is 295 g/mol. The summed E-state index contributed by atoms with van der Waals surface area (Å²) in [6.07, 6.45) is -0.678. The number of nitrogens with zero attached hydrogens (tertiary/aromatic N) is 4. The molecule has 8 heteroatoms. The van der Waals surface area contributed by atoms with Crippen molar-refractivity contribution in [1.82, 2.24) is 19.9 Å². The van der Waals surface area contributed by atoms with Crippen molar-refractivity contribution in [1.29, 1.82) is 0 Å². The predicted octanol–water partition coefficient (Wildman–Crippen LogP) is 2.03. The van der Waals surface area contributed by atoms with Gasteiger partial charge in [-0.05, 0) is 11.6 Å². The van der Waals surface area contributed by atoms with Gasteiger partial charge in [0.2, 0.25) is 5.95 Å². The van der Waals surface area contributed by atoms with E-state index in [9.17, 15) is 13.2 Å². The Balaban J connectivity index is 1.68. The molecule has 0 spiro atoms. The van der Waals surface area contributed by atoms with Crippen LogP contribution < -0.4 is 5.73 Å². The summed E-state index contributed by atoms with van der Waals surface area (Å²) < 4.78 is 37.4. The van der Waals surface area contributed by atoms with Crippen molar-refractivity contribution in [2.24, 2.45) is 0 Å². The number of fused-ring (bicyclic) bond motifs is 1. The maximum Gasteiger partial charge on any atom is 0.433 e. The Hall–Kier alpha value is -2.22. The third kappa shape index (κ3) is 3.16. The van der Waals surface area contributed by atoms with Crippen LogP contribution in [-0.4, -0.2) is 26.4 Å². The first kappa shape index (κ1) is 14.7. The highest BCUT2D eigenvalue weighted by Crippen LogP contribution is 2.27. The molecule has 0 aliphatic carbocycles. The normalized spacial score (nSPS) is 15.6. The predicted molar refractivity (Wildman–Crippen MR) is 73.5 cm³/mol. The zero-order valence-corrected chi connectivity index (χ0v) is 11.6. The molecule has 0 unspecified atom stereocenters. The fourth-order valence-electron chi connectivity index (χ4n) is 2.47. The lowest BCUT2D eigenvalue weighted by Crippen LogP contribution is -2.31. The van der Waals surface area contributed by atoms with Crippen LogP contribution in [-0.2, 0) is 25.7 Å². The van der Waals surface area contributed by atoms with Gasteiger partial charge < -0.3 is 5.73 Å². The molecule has 0 saturated carbocycles. The molecular formula is C14H14F3N5. The average Bonchev–Trinajstić information content (AvgIpc) is 2.47. The Bertz CT molecular complexity index is 669. The van der Waals surface area contributed by atoms with E-state index in [0.717, 1.165) is 35.9 Å². The summed E-state index contributed by atoms with van der Waals surface area (Å²) >= 11 is 0. The monoisotopic (exact) mass is 309 g/mol. The number of rotatable bonds is 2. The molecule has 5 nitrogen and oxygen atoms in total. The van der Waals surface area contributed by atoms with Crippen molar-refractivity contribution in [3.63, 3.8) is 0 Å². The lowest BCUT2D eigenvalue weighted by molar-refractivity contribution is -0.141. The van der Waals surface area contributed by atoms with Gasteiger partial charge in [0.25, 0.3) is 0 Å². The zero-order chi connectivity index (χ0) is 15.7. The van der Waals surface area contributed by atoms with Crippen LogP contribution in [0.25, 0.3) is 0 Å². The third-order valence-corrected chi connectivity index (χ3v) is 3.55. The summed E-state index contributed by atoms with van der Waals surface area (Å²) in [5.74, 6) is 0.263. The highest BCUT2D eigenvalue weighted by atomic mass is 19.4. The molecule has 22 heavy (non-hydrogen) atoms. The number of aromatic nitrogens is 3. The molecule has 0 bridgehead atoms. The van der Waals surface area contributed by atoms with Crippen LogP contribution in [0.1, 0.15) is 22.5 Å². The first-order valence-electron chi connectivity index (χ1n) is 6.76. The maximum atomic E-state index is 12.5. The molecule has 1 aliphatic rings. The van der Waals surface area contributed by atoms with E-state index >= 15 is 0 Å². The first-order chi connectivity index (χ1) is 10.4. The van der Waals surface area contributed by atoms with E-state index in [2.05, 4.69) is 19.9 Å². The molecule has 0 radical (unpaired) electrons. The van der Waals surface area contributed by atoms with Gasteiger partial charge in [0.1, 0.15) is 5.69 Å². The highest BCUT2D eigenvalue weighted by molar-refractivity contribution is 5.27. The summed E-state index contributed by atoms with van der Waals surface area (Å²) in [6, 6.07) is 2.47. The van der Waals surface area contributed by atoms with E-state index in [1.165, 1.54) is 12.3 Å². The van der Waals surface area contributed by atoms with Gasteiger partial charge in [-0.2, -0.15) is 13.2 Å². The molecule has 0 saturated heterocycles. The van der Waals surface area contributed by atoms with E-state index in [1.807, 2.05) is 0 Å². The Morgan fingerprint density at radius 2 is 2.00 bits per heavy atom.